The van der Waals surface area contributed by atoms with E-state index in [1.165, 1.54) is 92.1 Å². The number of hydrogen-bond acceptors (Lipinski definition) is 0. The van der Waals surface area contributed by atoms with Crippen molar-refractivity contribution in [3.63, 3.8) is 0 Å². The van der Waals surface area contributed by atoms with Crippen LogP contribution in [-0.2, 0) is 72.7 Å². The smallest absolute Gasteiger partial charge is 0.0625 e. The second-order valence-electron chi connectivity index (χ2n) is 28.4. The zero-order chi connectivity index (χ0) is 69.0. The highest BCUT2D eigenvalue weighted by molar-refractivity contribution is 7.98. The van der Waals surface area contributed by atoms with Gasteiger partial charge in [0, 0.05) is 0 Å². The van der Waals surface area contributed by atoms with Gasteiger partial charge in [0.1, 0.15) is 0 Å². The molecule has 494 valence electrons. The molecule has 0 N–H and O–H groups in total. The predicted octanol–water partition coefficient (Wildman–Crippen LogP) is 25.9. The van der Waals surface area contributed by atoms with Gasteiger partial charge in [0.15, 0.2) is 58.7 Å². The monoisotopic (exact) mass is 1350 g/mol. The van der Waals surface area contributed by atoms with Crippen LogP contribution in [0.2, 0.25) is 0 Å². The van der Waals surface area contributed by atoms with Crippen LogP contribution in [0.1, 0.15) is 136 Å². The lowest BCUT2D eigenvalue weighted by Crippen LogP contribution is -2.13. The fourth-order valence-electron chi connectivity index (χ4n) is 11.3. The van der Waals surface area contributed by atoms with E-state index in [2.05, 4.69) is 425 Å². The molecule has 0 nitrogen and oxygen atoms in total. The van der Waals surface area contributed by atoms with Crippen LogP contribution in [0, 0.1) is 5.92 Å². The van der Waals surface area contributed by atoms with E-state index in [-0.39, 0.29) is 59.8 Å². The maximum absolute atomic E-state index is 2.34. The first-order valence-corrected chi connectivity index (χ1v) is 39.4. The lowest BCUT2D eigenvalue weighted by atomic mass is 9.87. The van der Waals surface area contributed by atoms with Crippen molar-refractivity contribution in [2.75, 3.05) is 0 Å². The summed E-state index contributed by atoms with van der Waals surface area (Å²) in [5.41, 5.74) is 8.89. The molecule has 12 aromatic carbocycles. The van der Waals surface area contributed by atoms with Gasteiger partial charge in [-0.05, 0) is 220 Å². The molecule has 0 aliphatic carbocycles. The third-order valence-electron chi connectivity index (χ3n) is 16.9. The Morgan fingerprint density at radius 2 is 0.412 bits per heavy atom. The van der Waals surface area contributed by atoms with Crippen LogP contribution in [0.5, 0.6) is 0 Å². The van der Waals surface area contributed by atoms with E-state index in [1.54, 1.807) is 0 Å². The van der Waals surface area contributed by atoms with Crippen LogP contribution >= 0.6 is 0 Å². The predicted molar refractivity (Wildman–Crippen MR) is 424 cm³/mol. The molecular weight excluding hydrogens is 1250 g/mol. The van der Waals surface area contributed by atoms with Gasteiger partial charge in [-0.1, -0.05) is 279 Å². The number of hydrogen-bond donors (Lipinski definition) is 0. The average Bonchev–Trinajstić information content (AvgIpc) is 0.821. The van der Waals surface area contributed by atoms with Gasteiger partial charge < -0.3 is 0 Å². The van der Waals surface area contributed by atoms with Crippen LogP contribution < -0.4 is 0 Å². The Morgan fingerprint density at radius 3 is 0.598 bits per heavy atom. The van der Waals surface area contributed by atoms with Crippen molar-refractivity contribution >= 4 is 43.6 Å². The Balaban J connectivity index is 0.000000153. The number of rotatable bonds is 16. The van der Waals surface area contributed by atoms with Gasteiger partial charge in [0.2, 0.25) is 0 Å². The van der Waals surface area contributed by atoms with Crippen LogP contribution in [0.4, 0.5) is 0 Å². The summed E-state index contributed by atoms with van der Waals surface area (Å²) < 4.78 is 0. The second-order valence-corrected chi connectivity index (χ2v) is 36.5. The van der Waals surface area contributed by atoms with E-state index in [9.17, 15) is 0 Å². The van der Waals surface area contributed by atoms with E-state index in [4.69, 9.17) is 0 Å². The Morgan fingerprint density at radius 1 is 0.227 bits per heavy atom. The van der Waals surface area contributed by atoms with Crippen LogP contribution in [-0.4, -0.2) is 0 Å². The summed E-state index contributed by atoms with van der Waals surface area (Å²) in [4.78, 5) is 16.5. The molecule has 0 saturated carbocycles. The number of aryl methyl sites for hydroxylation is 1. The molecule has 12 rings (SSSR count). The highest BCUT2D eigenvalue weighted by Crippen LogP contribution is 2.38. The van der Waals surface area contributed by atoms with Crippen molar-refractivity contribution in [1.29, 1.82) is 0 Å². The van der Waals surface area contributed by atoms with Gasteiger partial charge >= 0.3 is 0 Å². The van der Waals surface area contributed by atoms with E-state index in [1.807, 2.05) is 0 Å². The zero-order valence-corrected chi connectivity index (χ0v) is 63.1. The van der Waals surface area contributed by atoms with Gasteiger partial charge in [-0.3, -0.25) is 0 Å². The molecule has 0 unspecified atom stereocenters. The lowest BCUT2D eigenvalue weighted by Gasteiger charge is -2.20. The van der Waals surface area contributed by atoms with Crippen molar-refractivity contribution < 1.29 is 0 Å². The molecule has 0 amide bonds. The minimum atomic E-state index is -0.106. The fraction of sp³-hybridized carbons (Fsp3) is 0.226. The fourth-order valence-corrected chi connectivity index (χ4v) is 19.6. The minimum Gasteiger partial charge on any atom is -0.0625 e. The Hall–Kier alpha value is -7.96. The van der Waals surface area contributed by atoms with Gasteiger partial charge in [-0.25, -0.2) is 0 Å². The maximum Gasteiger partial charge on any atom is 0.166 e. The highest BCUT2D eigenvalue weighted by atomic mass is 32.2. The lowest BCUT2D eigenvalue weighted by molar-refractivity contribution is 0.589. The van der Waals surface area contributed by atoms with E-state index < -0.39 is 0 Å². The standard InChI is InChI=1S/C30H39S.C22H23S.C21H21S.C20H19S/c1-22(2)21-23-9-15-26(16-10-23)31(27-17-11-24(12-18-27)29(3,4)5)28-19-13-25(14-20-28)30(6,7)8;1-22(2,3)18-14-16-21(17-15-18)23(19-10-6-4-7-11-19)20-12-8-5-9-13-20;1-17(2)18-13-15-21(16-14-18)22(19-9-5-3-6-10-19)20-11-7-4-8-12-20;1-2-17-13-15-20(16-14-17)21(18-9-5-3-6-10-18)19-11-7-4-8-12-19/h9-20,22H,21H2,1-8H3;4-17H,1-3H3;3-17H,1-2H3;3-16H,2H2,1H3/q4*+1. The van der Waals surface area contributed by atoms with E-state index >= 15 is 0 Å². The summed E-state index contributed by atoms with van der Waals surface area (Å²) in [5, 5.41) is 0. The van der Waals surface area contributed by atoms with Crippen molar-refractivity contribution in [2.45, 2.75) is 191 Å². The third-order valence-corrected chi connectivity index (χ3v) is 25.8. The minimum absolute atomic E-state index is 0.0249. The SMILES string of the molecule is CC(C)(C)c1ccc([S+](c2ccccc2)c2ccccc2)cc1.CC(C)Cc1ccc([S+](c2ccc(C(C)(C)C)cc2)c2ccc(C(C)(C)C)cc2)cc1.CC(C)c1ccc([S+](c2ccccc2)c2ccccc2)cc1.CCc1ccc([S+](c2ccccc2)c2ccccc2)cc1. The van der Waals surface area contributed by atoms with Crippen molar-refractivity contribution in [1.82, 2.24) is 0 Å². The molecule has 0 aromatic heterocycles. The largest absolute Gasteiger partial charge is 0.166 e. The van der Waals surface area contributed by atoms with Gasteiger partial charge in [0.05, 0.1) is 43.6 Å². The molecule has 0 saturated heterocycles. The molecule has 0 atom stereocenters. The average molecular weight is 1350 g/mol. The second kappa shape index (κ2) is 35.0. The zero-order valence-electron chi connectivity index (χ0n) is 59.9. The van der Waals surface area contributed by atoms with Crippen molar-refractivity contribution in [2.24, 2.45) is 5.92 Å². The van der Waals surface area contributed by atoms with E-state index in [0.29, 0.717) is 11.8 Å². The van der Waals surface area contributed by atoms with Gasteiger partial charge in [-0.2, -0.15) is 0 Å². The first-order chi connectivity index (χ1) is 46.6. The summed E-state index contributed by atoms with van der Waals surface area (Å²) in [6.07, 6.45) is 2.22. The summed E-state index contributed by atoms with van der Waals surface area (Å²) in [7, 11) is -0.216. The van der Waals surface area contributed by atoms with Gasteiger partial charge in [0.25, 0.3) is 0 Å². The first kappa shape index (κ1) is 73.3. The maximum atomic E-state index is 2.34. The molecule has 0 heterocycles. The molecule has 0 bridgehead atoms. The van der Waals surface area contributed by atoms with Crippen molar-refractivity contribution in [3.8, 4) is 0 Å². The molecule has 97 heavy (non-hydrogen) atoms. The molecule has 0 fully saturated rings. The molecular formula is C93H102S4+4. The topological polar surface area (TPSA) is 0 Å². The molecule has 0 aliphatic rings. The van der Waals surface area contributed by atoms with Gasteiger partial charge in [-0.15, -0.1) is 0 Å². The Labute approximate surface area is 596 Å². The highest BCUT2D eigenvalue weighted by Gasteiger charge is 2.33. The molecule has 12 aromatic rings. The molecule has 4 heteroatoms. The van der Waals surface area contributed by atoms with E-state index in [0.717, 1.165) is 12.8 Å². The summed E-state index contributed by atoms with van der Waals surface area (Å²) >= 11 is 0. The Bertz CT molecular complexity index is 4020. The van der Waals surface area contributed by atoms with Crippen molar-refractivity contribution in [3.05, 3.63) is 361 Å². The van der Waals surface area contributed by atoms with Crippen LogP contribution in [0.15, 0.2) is 386 Å². The molecule has 0 aliphatic heterocycles. The van der Waals surface area contributed by atoms with Crippen LogP contribution in [0.25, 0.3) is 0 Å². The summed E-state index contributed by atoms with van der Waals surface area (Å²) in [6.45, 7) is 31.7. The normalized spacial score (nSPS) is 11.6. The third kappa shape index (κ3) is 21.0. The number of benzene rings is 12. The summed E-state index contributed by atoms with van der Waals surface area (Å²) in [5.74, 6) is 1.25. The molecule has 0 spiro atoms. The summed E-state index contributed by atoms with van der Waals surface area (Å²) in [6, 6.07) is 120. The Kier molecular flexibility index (Phi) is 26.4. The van der Waals surface area contributed by atoms with Crippen LogP contribution in [0.3, 0.4) is 0 Å². The quantitative estimate of drug-likeness (QED) is 0.0846. The first-order valence-electron chi connectivity index (χ1n) is 34.5. The molecule has 0 radical (unpaired) electrons.